The first-order valence-electron chi connectivity index (χ1n) is 12.9. The summed E-state index contributed by atoms with van der Waals surface area (Å²) >= 11 is 2.92. The third-order valence-corrected chi connectivity index (χ3v) is 8.48. The van der Waals surface area contributed by atoms with Gasteiger partial charge in [-0.05, 0) is 67.6 Å². The number of carboxylic acid groups (broad SMARTS) is 1. The molecule has 0 amide bonds. The van der Waals surface area contributed by atoms with Gasteiger partial charge in [0.15, 0.2) is 6.10 Å². The number of thiazole rings is 1. The van der Waals surface area contributed by atoms with Crippen LogP contribution in [0.1, 0.15) is 28.9 Å². The summed E-state index contributed by atoms with van der Waals surface area (Å²) in [5.74, 6) is 1.44. The molecule has 1 N–H and O–H groups in total. The molecule has 0 aliphatic rings. The quantitative estimate of drug-likeness (QED) is 0.146. The molecular formula is C30H24F3N3O5S2. The molecule has 3 aromatic carbocycles. The largest absolute Gasteiger partial charge is 0.487 e. The second-order valence-electron chi connectivity index (χ2n) is 9.27. The molecule has 13 heteroatoms. The fraction of sp³-hybridized carbons (Fsp3) is 0.200. The van der Waals surface area contributed by atoms with Crippen LogP contribution in [0, 0.1) is 6.92 Å². The van der Waals surface area contributed by atoms with Gasteiger partial charge in [-0.1, -0.05) is 17.3 Å². The van der Waals surface area contributed by atoms with Crippen molar-refractivity contribution in [3.63, 3.8) is 0 Å². The highest BCUT2D eigenvalue weighted by molar-refractivity contribution is 7.98. The summed E-state index contributed by atoms with van der Waals surface area (Å²) in [6, 6.07) is 19.2. The number of carboxylic acids is 1. The van der Waals surface area contributed by atoms with Crippen LogP contribution in [0.15, 0.2) is 82.2 Å². The number of nitrogens with zero attached hydrogens (tertiary/aromatic N) is 3. The maximum absolute atomic E-state index is 13.1. The fourth-order valence-electron chi connectivity index (χ4n) is 3.82. The number of aryl methyl sites for hydroxylation is 1. The minimum absolute atomic E-state index is 0.146. The van der Waals surface area contributed by atoms with Gasteiger partial charge in [0, 0.05) is 33.6 Å². The Labute approximate surface area is 252 Å². The molecule has 5 rings (SSSR count). The van der Waals surface area contributed by atoms with Crippen molar-refractivity contribution in [2.24, 2.45) is 0 Å². The lowest BCUT2D eigenvalue weighted by Crippen LogP contribution is -2.22. The summed E-state index contributed by atoms with van der Waals surface area (Å²) < 4.78 is 55.7. The number of aromatic nitrogens is 3. The highest BCUT2D eigenvalue weighted by Crippen LogP contribution is 2.36. The molecule has 0 saturated carbocycles. The van der Waals surface area contributed by atoms with Gasteiger partial charge in [0.05, 0.1) is 11.3 Å². The Morgan fingerprint density at radius 3 is 2.23 bits per heavy atom. The number of thioether (sulfide) groups is 1. The maximum atomic E-state index is 13.1. The van der Waals surface area contributed by atoms with E-state index in [1.54, 1.807) is 31.2 Å². The van der Waals surface area contributed by atoms with Crippen molar-refractivity contribution in [2.75, 3.05) is 0 Å². The lowest BCUT2D eigenvalue weighted by atomic mass is 10.1. The number of carbonyl (C=O) groups is 1. The van der Waals surface area contributed by atoms with E-state index in [0.717, 1.165) is 27.5 Å². The second kappa shape index (κ2) is 12.9. The third-order valence-electron chi connectivity index (χ3n) is 6.11. The third kappa shape index (κ3) is 7.73. The van der Waals surface area contributed by atoms with Crippen molar-refractivity contribution in [1.82, 2.24) is 15.1 Å². The van der Waals surface area contributed by atoms with E-state index in [0.29, 0.717) is 45.2 Å². The predicted octanol–water partition coefficient (Wildman–Crippen LogP) is 7.91. The average Bonchev–Trinajstić information content (AvgIpc) is 3.61. The molecule has 0 bridgehead atoms. The molecule has 1 unspecified atom stereocenters. The van der Waals surface area contributed by atoms with E-state index in [1.165, 1.54) is 42.2 Å². The summed E-state index contributed by atoms with van der Waals surface area (Å²) in [5.41, 5.74) is 1.29. The number of benzene rings is 3. The zero-order valence-electron chi connectivity index (χ0n) is 22.8. The Kier molecular flexibility index (Phi) is 9.02. The molecule has 0 aliphatic carbocycles. The highest BCUT2D eigenvalue weighted by atomic mass is 32.2. The van der Waals surface area contributed by atoms with Gasteiger partial charge < -0.3 is 19.1 Å². The lowest BCUT2D eigenvalue weighted by Gasteiger charge is -2.10. The lowest BCUT2D eigenvalue weighted by molar-refractivity contribution is -0.144. The van der Waals surface area contributed by atoms with Crippen LogP contribution >= 0.6 is 23.1 Å². The van der Waals surface area contributed by atoms with Crippen LogP contribution in [0.25, 0.3) is 22.0 Å². The number of ether oxygens (including phenoxy) is 2. The molecule has 8 nitrogen and oxygen atoms in total. The van der Waals surface area contributed by atoms with Gasteiger partial charge in [0.1, 0.15) is 23.1 Å². The van der Waals surface area contributed by atoms with Gasteiger partial charge in [-0.3, -0.25) is 0 Å². The zero-order chi connectivity index (χ0) is 30.6. The van der Waals surface area contributed by atoms with Crippen LogP contribution in [-0.2, 0) is 23.3 Å². The molecule has 222 valence electrons. The fourth-order valence-corrected chi connectivity index (χ4v) is 5.89. The predicted molar refractivity (Wildman–Crippen MR) is 155 cm³/mol. The average molecular weight is 628 g/mol. The standard InChI is InChI=1S/C30H24F3N3O5S2/c1-17(29(37)38)40-23-11-13-24(14-12-23)42-16-26-25(35-28(43-26)20-3-7-21(8-4-20)30(31,32)33)15-39-22-9-5-19(6-10-22)27-34-18(2)41-36-27/h3-14,17H,15-16H2,1-2H3,(H,37,38). The molecule has 0 aliphatic heterocycles. The normalized spacial score (nSPS) is 12.2. The van der Waals surface area contributed by atoms with Crippen LogP contribution in [0.3, 0.4) is 0 Å². The molecule has 43 heavy (non-hydrogen) atoms. The van der Waals surface area contributed by atoms with Crippen LogP contribution in [0.4, 0.5) is 13.2 Å². The highest BCUT2D eigenvalue weighted by Gasteiger charge is 2.30. The van der Waals surface area contributed by atoms with Gasteiger partial charge in [0.2, 0.25) is 11.7 Å². The summed E-state index contributed by atoms with van der Waals surface area (Å²) in [5, 5.41) is 13.5. The van der Waals surface area contributed by atoms with Gasteiger partial charge in [-0.15, -0.1) is 23.1 Å². The van der Waals surface area contributed by atoms with Crippen molar-refractivity contribution in [2.45, 2.75) is 43.4 Å². The first-order valence-corrected chi connectivity index (χ1v) is 14.7. The number of aliphatic carboxylic acids is 1. The van der Waals surface area contributed by atoms with Crippen LogP contribution in [0.2, 0.25) is 0 Å². The Bertz CT molecular complexity index is 1690. The molecule has 0 spiro atoms. The van der Waals surface area contributed by atoms with Gasteiger partial charge in [-0.25, -0.2) is 9.78 Å². The number of hydrogen-bond acceptors (Lipinski definition) is 9. The van der Waals surface area contributed by atoms with E-state index in [4.69, 9.17) is 24.1 Å². The Morgan fingerprint density at radius 2 is 1.63 bits per heavy atom. The maximum Gasteiger partial charge on any atom is 0.416 e. The summed E-state index contributed by atoms with van der Waals surface area (Å²) in [6.45, 7) is 3.31. The van der Waals surface area contributed by atoms with E-state index in [2.05, 4.69) is 10.1 Å². The Morgan fingerprint density at radius 1 is 0.977 bits per heavy atom. The van der Waals surface area contributed by atoms with Crippen molar-refractivity contribution in [1.29, 1.82) is 0 Å². The SMILES string of the molecule is Cc1nc(-c2ccc(OCc3nc(-c4ccc(C(F)(F)F)cc4)sc3CSc3ccc(OC(C)C(=O)O)cc3)cc2)no1. The van der Waals surface area contributed by atoms with Crippen LogP contribution < -0.4 is 9.47 Å². The molecule has 0 saturated heterocycles. The minimum atomic E-state index is -4.42. The first kappa shape index (κ1) is 30.1. The number of alkyl halides is 3. The first-order chi connectivity index (χ1) is 20.5. The van der Waals surface area contributed by atoms with Crippen molar-refractivity contribution in [3.8, 4) is 33.5 Å². The second-order valence-corrected chi connectivity index (χ2v) is 11.4. The molecule has 1 atom stereocenters. The van der Waals surface area contributed by atoms with Crippen molar-refractivity contribution in [3.05, 3.63) is 94.8 Å². The van der Waals surface area contributed by atoms with E-state index in [1.807, 2.05) is 24.3 Å². The van der Waals surface area contributed by atoms with E-state index in [-0.39, 0.29) is 6.61 Å². The van der Waals surface area contributed by atoms with Gasteiger partial charge in [0.25, 0.3) is 0 Å². The molecule has 0 fully saturated rings. The minimum Gasteiger partial charge on any atom is -0.487 e. The van der Waals surface area contributed by atoms with Crippen LogP contribution in [-0.4, -0.2) is 32.3 Å². The number of halogens is 3. The van der Waals surface area contributed by atoms with Gasteiger partial charge in [-0.2, -0.15) is 18.2 Å². The molecule has 0 radical (unpaired) electrons. The van der Waals surface area contributed by atoms with E-state index < -0.39 is 23.8 Å². The van der Waals surface area contributed by atoms with Gasteiger partial charge >= 0.3 is 12.1 Å². The topological polar surface area (TPSA) is 108 Å². The van der Waals surface area contributed by atoms with E-state index in [9.17, 15) is 18.0 Å². The Balaban J connectivity index is 1.32. The van der Waals surface area contributed by atoms with Crippen molar-refractivity contribution < 1.29 is 37.1 Å². The molecule has 2 heterocycles. The monoisotopic (exact) mass is 627 g/mol. The zero-order valence-corrected chi connectivity index (χ0v) is 24.4. The van der Waals surface area contributed by atoms with E-state index >= 15 is 0 Å². The molecular weight excluding hydrogens is 603 g/mol. The Hall–Kier alpha value is -4.36. The smallest absolute Gasteiger partial charge is 0.416 e. The molecule has 5 aromatic rings. The van der Waals surface area contributed by atoms with Crippen LogP contribution in [0.5, 0.6) is 11.5 Å². The summed E-state index contributed by atoms with van der Waals surface area (Å²) in [4.78, 5) is 21.8. The molecule has 2 aromatic heterocycles. The number of hydrogen-bond donors (Lipinski definition) is 1. The summed E-state index contributed by atoms with van der Waals surface area (Å²) in [7, 11) is 0. The van der Waals surface area contributed by atoms with Crippen molar-refractivity contribution >= 4 is 29.1 Å². The summed E-state index contributed by atoms with van der Waals surface area (Å²) in [6.07, 6.45) is -5.40. The number of rotatable bonds is 11.